The van der Waals surface area contributed by atoms with Crippen LogP contribution < -0.4 is 5.73 Å². The Labute approximate surface area is 84.4 Å². The molecule has 0 aliphatic heterocycles. The molecule has 0 unspecified atom stereocenters. The summed E-state index contributed by atoms with van der Waals surface area (Å²) in [6.07, 6.45) is 4.89. The van der Waals surface area contributed by atoms with Crippen LogP contribution in [0.5, 0.6) is 0 Å². The normalized spacial score (nSPS) is 17.8. The van der Waals surface area contributed by atoms with Crippen molar-refractivity contribution in [1.29, 1.82) is 0 Å². The second-order valence-electron chi connectivity index (χ2n) is 4.38. The van der Waals surface area contributed by atoms with Crippen LogP contribution in [0, 0.1) is 5.92 Å². The van der Waals surface area contributed by atoms with E-state index in [9.17, 15) is 8.78 Å². The van der Waals surface area contributed by atoms with Gasteiger partial charge in [0.15, 0.2) is 0 Å². The molecule has 1 aliphatic rings. The van der Waals surface area contributed by atoms with Crippen LogP contribution in [0.15, 0.2) is 0 Å². The van der Waals surface area contributed by atoms with Gasteiger partial charge in [0.2, 0.25) is 0 Å². The molecule has 0 amide bonds. The van der Waals surface area contributed by atoms with Crippen molar-refractivity contribution >= 4 is 0 Å². The van der Waals surface area contributed by atoms with Crippen molar-refractivity contribution in [3.63, 3.8) is 0 Å². The summed E-state index contributed by atoms with van der Waals surface area (Å²) in [4.78, 5) is 1.68. The maximum atomic E-state index is 12.8. The molecule has 0 heterocycles. The lowest BCUT2D eigenvalue weighted by atomic mass is 10.2. The fourth-order valence-electron chi connectivity index (χ4n) is 1.59. The average molecular weight is 206 g/mol. The quantitative estimate of drug-likeness (QED) is 0.687. The van der Waals surface area contributed by atoms with Crippen LogP contribution in [0.4, 0.5) is 8.78 Å². The zero-order valence-electron chi connectivity index (χ0n) is 8.81. The van der Waals surface area contributed by atoms with E-state index in [0.29, 0.717) is 0 Å². The van der Waals surface area contributed by atoms with Crippen molar-refractivity contribution < 1.29 is 8.78 Å². The third-order valence-corrected chi connectivity index (χ3v) is 2.65. The SMILES string of the molecule is CN(CCCC1CC1)CC(F)(F)CN. The molecule has 84 valence electrons. The number of rotatable bonds is 7. The predicted octanol–water partition coefficient (Wildman–Crippen LogP) is 1.70. The van der Waals surface area contributed by atoms with Gasteiger partial charge in [-0.05, 0) is 32.4 Å². The van der Waals surface area contributed by atoms with Gasteiger partial charge in [-0.25, -0.2) is 8.78 Å². The van der Waals surface area contributed by atoms with E-state index < -0.39 is 12.5 Å². The maximum absolute atomic E-state index is 12.8. The Bertz CT molecular complexity index is 170. The highest BCUT2D eigenvalue weighted by Crippen LogP contribution is 2.33. The Morgan fingerprint density at radius 3 is 2.57 bits per heavy atom. The van der Waals surface area contributed by atoms with Crippen LogP contribution in [-0.2, 0) is 0 Å². The lowest BCUT2D eigenvalue weighted by Crippen LogP contribution is -2.40. The molecule has 0 bridgehead atoms. The standard InChI is InChI=1S/C10H20F2N2/c1-14(8-10(11,12)7-13)6-2-3-9-4-5-9/h9H,2-8,13H2,1H3. The smallest absolute Gasteiger partial charge is 0.272 e. The molecule has 0 saturated heterocycles. The van der Waals surface area contributed by atoms with Gasteiger partial charge in [-0.1, -0.05) is 12.8 Å². The Morgan fingerprint density at radius 1 is 1.43 bits per heavy atom. The van der Waals surface area contributed by atoms with E-state index in [1.54, 1.807) is 11.9 Å². The summed E-state index contributed by atoms with van der Waals surface area (Å²) >= 11 is 0. The largest absolute Gasteiger partial charge is 0.325 e. The molecule has 1 fully saturated rings. The van der Waals surface area contributed by atoms with Crippen molar-refractivity contribution in [2.75, 3.05) is 26.7 Å². The first-order chi connectivity index (χ1) is 6.53. The summed E-state index contributed by atoms with van der Waals surface area (Å²) in [6, 6.07) is 0. The van der Waals surface area contributed by atoms with Crippen molar-refractivity contribution in [3.8, 4) is 0 Å². The van der Waals surface area contributed by atoms with Crippen LogP contribution >= 0.6 is 0 Å². The number of halogens is 2. The van der Waals surface area contributed by atoms with E-state index in [1.165, 1.54) is 19.3 Å². The molecule has 2 nitrogen and oxygen atoms in total. The van der Waals surface area contributed by atoms with Crippen molar-refractivity contribution in [3.05, 3.63) is 0 Å². The van der Waals surface area contributed by atoms with Crippen LogP contribution in [0.3, 0.4) is 0 Å². The predicted molar refractivity (Wildman–Crippen MR) is 53.5 cm³/mol. The fourth-order valence-corrected chi connectivity index (χ4v) is 1.59. The molecule has 1 saturated carbocycles. The summed E-state index contributed by atoms with van der Waals surface area (Å²) in [7, 11) is 1.73. The Kier molecular flexibility index (Phi) is 4.26. The van der Waals surface area contributed by atoms with Gasteiger partial charge in [0, 0.05) is 0 Å². The minimum absolute atomic E-state index is 0.214. The first-order valence-corrected chi connectivity index (χ1v) is 5.30. The third kappa shape index (κ3) is 4.86. The lowest BCUT2D eigenvalue weighted by Gasteiger charge is -2.22. The highest BCUT2D eigenvalue weighted by molar-refractivity contribution is 4.75. The van der Waals surface area contributed by atoms with E-state index in [0.717, 1.165) is 18.9 Å². The lowest BCUT2D eigenvalue weighted by molar-refractivity contribution is -0.0177. The van der Waals surface area contributed by atoms with Gasteiger partial charge in [0.05, 0.1) is 13.1 Å². The van der Waals surface area contributed by atoms with E-state index in [4.69, 9.17) is 5.73 Å². The molecule has 4 heteroatoms. The molecule has 2 N–H and O–H groups in total. The third-order valence-electron chi connectivity index (χ3n) is 2.65. The minimum atomic E-state index is -2.73. The molecule has 0 aromatic carbocycles. The molecule has 0 atom stereocenters. The Balaban J connectivity index is 2.04. The van der Waals surface area contributed by atoms with Crippen LogP contribution in [0.25, 0.3) is 0 Å². The number of hydrogen-bond acceptors (Lipinski definition) is 2. The molecule has 1 rings (SSSR count). The molecule has 14 heavy (non-hydrogen) atoms. The monoisotopic (exact) mass is 206 g/mol. The summed E-state index contributed by atoms with van der Waals surface area (Å²) in [5, 5.41) is 0. The molecule has 0 spiro atoms. The molecular formula is C10H20F2N2. The Hall–Kier alpha value is -0.220. The van der Waals surface area contributed by atoms with E-state index in [-0.39, 0.29) is 6.54 Å². The highest BCUT2D eigenvalue weighted by atomic mass is 19.3. The van der Waals surface area contributed by atoms with Gasteiger partial charge in [0.25, 0.3) is 5.92 Å². The van der Waals surface area contributed by atoms with Gasteiger partial charge in [-0.3, -0.25) is 0 Å². The van der Waals surface area contributed by atoms with Crippen molar-refractivity contribution in [1.82, 2.24) is 4.90 Å². The number of nitrogens with zero attached hydrogens (tertiary/aromatic N) is 1. The van der Waals surface area contributed by atoms with Gasteiger partial charge >= 0.3 is 0 Å². The summed E-state index contributed by atoms with van der Waals surface area (Å²) < 4.78 is 25.7. The molecular weight excluding hydrogens is 186 g/mol. The zero-order chi connectivity index (χ0) is 10.6. The average Bonchev–Trinajstić information content (AvgIpc) is 2.87. The maximum Gasteiger partial charge on any atom is 0.272 e. The number of nitrogens with two attached hydrogens (primary N) is 1. The van der Waals surface area contributed by atoms with Gasteiger partial charge < -0.3 is 10.6 Å². The van der Waals surface area contributed by atoms with E-state index in [1.807, 2.05) is 0 Å². The van der Waals surface area contributed by atoms with Gasteiger partial charge in [-0.2, -0.15) is 0 Å². The fraction of sp³-hybridized carbons (Fsp3) is 1.00. The molecule has 1 aliphatic carbocycles. The summed E-state index contributed by atoms with van der Waals surface area (Å²) in [5.41, 5.74) is 4.96. The second-order valence-corrected chi connectivity index (χ2v) is 4.38. The van der Waals surface area contributed by atoms with Crippen LogP contribution in [-0.4, -0.2) is 37.5 Å². The topological polar surface area (TPSA) is 29.3 Å². The van der Waals surface area contributed by atoms with Crippen LogP contribution in [0.1, 0.15) is 25.7 Å². The Morgan fingerprint density at radius 2 is 2.07 bits per heavy atom. The van der Waals surface area contributed by atoms with Gasteiger partial charge in [0.1, 0.15) is 0 Å². The summed E-state index contributed by atoms with van der Waals surface area (Å²) in [5.74, 6) is -1.84. The number of alkyl halides is 2. The van der Waals surface area contributed by atoms with Crippen molar-refractivity contribution in [2.45, 2.75) is 31.6 Å². The van der Waals surface area contributed by atoms with Crippen molar-refractivity contribution in [2.24, 2.45) is 11.7 Å². The van der Waals surface area contributed by atoms with Crippen LogP contribution in [0.2, 0.25) is 0 Å². The van der Waals surface area contributed by atoms with E-state index in [2.05, 4.69) is 0 Å². The molecule has 0 aromatic heterocycles. The van der Waals surface area contributed by atoms with E-state index >= 15 is 0 Å². The summed E-state index contributed by atoms with van der Waals surface area (Å²) in [6.45, 7) is -0.0137. The zero-order valence-corrected chi connectivity index (χ0v) is 8.81. The molecule has 0 aromatic rings. The highest BCUT2D eigenvalue weighted by Gasteiger charge is 2.28. The molecule has 0 radical (unpaired) electrons. The first-order valence-electron chi connectivity index (χ1n) is 5.30. The number of hydrogen-bond donors (Lipinski definition) is 1. The van der Waals surface area contributed by atoms with Gasteiger partial charge in [-0.15, -0.1) is 0 Å². The second kappa shape index (κ2) is 5.03. The first kappa shape index (κ1) is 11.9. The minimum Gasteiger partial charge on any atom is -0.325 e.